The van der Waals surface area contributed by atoms with Gasteiger partial charge in [-0.05, 0) is 26.0 Å². The maximum Gasteiger partial charge on any atom is 0.362 e. The van der Waals surface area contributed by atoms with E-state index in [4.69, 9.17) is 16.3 Å². The van der Waals surface area contributed by atoms with Gasteiger partial charge >= 0.3 is 5.97 Å². The summed E-state index contributed by atoms with van der Waals surface area (Å²) in [6.45, 7) is 3.98. The number of halogens is 1. The predicted molar refractivity (Wildman–Crippen MR) is 77.2 cm³/mol. The van der Waals surface area contributed by atoms with Crippen LogP contribution < -0.4 is 10.1 Å². The lowest BCUT2D eigenvalue weighted by Crippen LogP contribution is -2.15. The lowest BCUT2D eigenvalue weighted by molar-refractivity contribution is 0.0728. The number of hydrogen-bond donors (Lipinski definition) is 1. The molecule has 2 heterocycles. The highest BCUT2D eigenvalue weighted by Gasteiger charge is 2.11. The largest absolute Gasteiger partial charge is 0.420 e. The smallest absolute Gasteiger partial charge is 0.362 e. The molecule has 6 heteroatoms. The lowest BCUT2D eigenvalue weighted by atomic mass is 10.3. The number of nitrogens with one attached hydrogen (secondary N) is 1. The van der Waals surface area contributed by atoms with Gasteiger partial charge in [0.05, 0.1) is 11.2 Å². The number of ether oxygens (including phenoxy) is 1. The van der Waals surface area contributed by atoms with Crippen LogP contribution in [0.25, 0.3) is 0 Å². The standard InChI is InChI=1S/C14H14ClN3O2/c1-9(2)17-13-5-3-4-12(18-13)14(19)20-11-6-10(15)7-16-8-11/h3-9H,1-2H3,(H,17,18). The van der Waals surface area contributed by atoms with E-state index in [2.05, 4.69) is 15.3 Å². The molecule has 0 atom stereocenters. The topological polar surface area (TPSA) is 64.1 Å². The molecule has 5 nitrogen and oxygen atoms in total. The highest BCUT2D eigenvalue weighted by atomic mass is 35.5. The number of rotatable bonds is 4. The highest BCUT2D eigenvalue weighted by Crippen LogP contribution is 2.16. The number of nitrogens with zero attached hydrogens (tertiary/aromatic N) is 2. The van der Waals surface area contributed by atoms with Crippen LogP contribution in [-0.2, 0) is 0 Å². The molecular weight excluding hydrogens is 278 g/mol. The maximum atomic E-state index is 12.0. The van der Waals surface area contributed by atoms with Crippen molar-refractivity contribution in [1.29, 1.82) is 0 Å². The molecule has 0 aliphatic rings. The molecule has 0 amide bonds. The zero-order chi connectivity index (χ0) is 14.5. The summed E-state index contributed by atoms with van der Waals surface area (Å²) >= 11 is 5.78. The van der Waals surface area contributed by atoms with E-state index in [1.807, 2.05) is 13.8 Å². The minimum Gasteiger partial charge on any atom is -0.420 e. The zero-order valence-corrected chi connectivity index (χ0v) is 11.9. The van der Waals surface area contributed by atoms with E-state index >= 15 is 0 Å². The van der Waals surface area contributed by atoms with E-state index in [0.717, 1.165) is 0 Å². The molecule has 20 heavy (non-hydrogen) atoms. The fraction of sp³-hybridized carbons (Fsp3) is 0.214. The van der Waals surface area contributed by atoms with Crippen LogP contribution in [0, 0.1) is 0 Å². The number of esters is 1. The van der Waals surface area contributed by atoms with Gasteiger partial charge in [0.25, 0.3) is 0 Å². The predicted octanol–water partition coefficient (Wildman–Crippen LogP) is 3.17. The van der Waals surface area contributed by atoms with Crippen molar-refractivity contribution >= 4 is 23.4 Å². The molecule has 0 aliphatic carbocycles. The summed E-state index contributed by atoms with van der Waals surface area (Å²) in [5.41, 5.74) is 0.218. The Kier molecular flexibility index (Phi) is 4.53. The summed E-state index contributed by atoms with van der Waals surface area (Å²) in [5.74, 6) is 0.353. The van der Waals surface area contributed by atoms with Crippen LogP contribution >= 0.6 is 11.6 Å². The van der Waals surface area contributed by atoms with Crippen molar-refractivity contribution in [1.82, 2.24) is 9.97 Å². The van der Waals surface area contributed by atoms with E-state index in [1.165, 1.54) is 18.5 Å². The number of aromatic nitrogens is 2. The van der Waals surface area contributed by atoms with Crippen molar-refractivity contribution in [3.8, 4) is 5.75 Å². The fourth-order valence-electron chi connectivity index (χ4n) is 1.53. The third-order valence-corrected chi connectivity index (χ3v) is 2.49. The van der Waals surface area contributed by atoms with Crippen LogP contribution in [-0.4, -0.2) is 22.0 Å². The average Bonchev–Trinajstić information content (AvgIpc) is 2.38. The second-order valence-electron chi connectivity index (χ2n) is 4.44. The van der Waals surface area contributed by atoms with Crippen molar-refractivity contribution < 1.29 is 9.53 Å². The molecular formula is C14H14ClN3O2. The number of carbonyl (C=O) groups is 1. The lowest BCUT2D eigenvalue weighted by Gasteiger charge is -2.10. The SMILES string of the molecule is CC(C)Nc1cccc(C(=O)Oc2cncc(Cl)c2)n1. The first-order chi connectivity index (χ1) is 9.54. The Bertz CT molecular complexity index is 617. The molecule has 0 unspecified atom stereocenters. The van der Waals surface area contributed by atoms with E-state index in [1.54, 1.807) is 18.2 Å². The van der Waals surface area contributed by atoms with Crippen LogP contribution in [0.1, 0.15) is 24.3 Å². The van der Waals surface area contributed by atoms with Crippen molar-refractivity contribution in [2.24, 2.45) is 0 Å². The quantitative estimate of drug-likeness (QED) is 0.877. The van der Waals surface area contributed by atoms with Gasteiger partial charge in [0, 0.05) is 18.3 Å². The number of carbonyl (C=O) groups excluding carboxylic acids is 1. The van der Waals surface area contributed by atoms with Crippen molar-refractivity contribution in [2.75, 3.05) is 5.32 Å². The number of anilines is 1. The Morgan fingerprint density at radius 2 is 2.15 bits per heavy atom. The van der Waals surface area contributed by atoms with Crippen LogP contribution in [0.5, 0.6) is 5.75 Å². The van der Waals surface area contributed by atoms with Gasteiger partial charge in [0.15, 0.2) is 11.4 Å². The zero-order valence-electron chi connectivity index (χ0n) is 11.1. The molecule has 0 aromatic carbocycles. The minimum absolute atomic E-state index is 0.218. The van der Waals surface area contributed by atoms with Gasteiger partial charge in [0.2, 0.25) is 0 Å². The summed E-state index contributed by atoms with van der Waals surface area (Å²) < 4.78 is 5.17. The molecule has 2 aromatic rings. The Morgan fingerprint density at radius 1 is 1.35 bits per heavy atom. The first kappa shape index (κ1) is 14.3. The number of hydrogen-bond acceptors (Lipinski definition) is 5. The van der Waals surface area contributed by atoms with Gasteiger partial charge in [-0.15, -0.1) is 0 Å². The summed E-state index contributed by atoms with van der Waals surface area (Å²) in [6, 6.07) is 6.86. The molecule has 1 N–H and O–H groups in total. The van der Waals surface area contributed by atoms with Gasteiger partial charge < -0.3 is 10.1 Å². The molecule has 0 fully saturated rings. The van der Waals surface area contributed by atoms with Gasteiger partial charge in [-0.2, -0.15) is 0 Å². The second-order valence-corrected chi connectivity index (χ2v) is 4.87. The third-order valence-electron chi connectivity index (χ3n) is 2.29. The Hall–Kier alpha value is -2.14. The molecule has 0 aliphatic heterocycles. The summed E-state index contributed by atoms with van der Waals surface area (Å²) in [4.78, 5) is 20.0. The molecule has 0 saturated heterocycles. The number of pyridine rings is 2. The molecule has 2 aromatic heterocycles. The van der Waals surface area contributed by atoms with Crippen LogP contribution in [0.3, 0.4) is 0 Å². The van der Waals surface area contributed by atoms with Crippen LogP contribution in [0.15, 0.2) is 36.7 Å². The molecule has 2 rings (SSSR count). The molecule has 0 saturated carbocycles. The monoisotopic (exact) mass is 291 g/mol. The first-order valence-corrected chi connectivity index (χ1v) is 6.49. The van der Waals surface area contributed by atoms with Gasteiger partial charge in [-0.25, -0.2) is 9.78 Å². The normalized spacial score (nSPS) is 10.4. The van der Waals surface area contributed by atoms with Crippen molar-refractivity contribution in [2.45, 2.75) is 19.9 Å². The van der Waals surface area contributed by atoms with Crippen LogP contribution in [0.4, 0.5) is 5.82 Å². The third kappa shape index (κ3) is 3.93. The fourth-order valence-corrected chi connectivity index (χ4v) is 1.70. The van der Waals surface area contributed by atoms with E-state index < -0.39 is 5.97 Å². The summed E-state index contributed by atoms with van der Waals surface area (Å²) in [7, 11) is 0. The van der Waals surface area contributed by atoms with Crippen molar-refractivity contribution in [3.63, 3.8) is 0 Å². The van der Waals surface area contributed by atoms with Crippen molar-refractivity contribution in [3.05, 3.63) is 47.4 Å². The Balaban J connectivity index is 2.13. The maximum absolute atomic E-state index is 12.0. The van der Waals surface area contributed by atoms with E-state index in [-0.39, 0.29) is 17.5 Å². The molecule has 104 valence electrons. The van der Waals surface area contributed by atoms with E-state index in [0.29, 0.717) is 10.8 Å². The van der Waals surface area contributed by atoms with Gasteiger partial charge in [-0.1, -0.05) is 17.7 Å². The minimum atomic E-state index is -0.554. The van der Waals surface area contributed by atoms with Gasteiger partial charge in [0.1, 0.15) is 5.82 Å². The average molecular weight is 292 g/mol. The Labute approximate surface area is 122 Å². The molecule has 0 radical (unpaired) electrons. The Morgan fingerprint density at radius 3 is 2.85 bits per heavy atom. The van der Waals surface area contributed by atoms with Gasteiger partial charge in [-0.3, -0.25) is 4.98 Å². The molecule has 0 spiro atoms. The first-order valence-electron chi connectivity index (χ1n) is 6.11. The van der Waals surface area contributed by atoms with Crippen LogP contribution in [0.2, 0.25) is 5.02 Å². The van der Waals surface area contributed by atoms with E-state index in [9.17, 15) is 4.79 Å². The summed E-state index contributed by atoms with van der Waals surface area (Å²) in [6.07, 6.45) is 2.88. The highest BCUT2D eigenvalue weighted by molar-refractivity contribution is 6.30. The summed E-state index contributed by atoms with van der Waals surface area (Å²) in [5, 5.41) is 3.52. The second kappa shape index (κ2) is 6.34. The molecule has 0 bridgehead atoms.